The number of nitrogens with zero attached hydrogens (tertiary/aromatic N) is 2. The minimum Gasteiger partial charge on any atom is -0.373 e. The van der Waals surface area contributed by atoms with Crippen LogP contribution in [0.15, 0.2) is 4.52 Å². The molecule has 1 heterocycles. The van der Waals surface area contributed by atoms with Crippen molar-refractivity contribution in [3.8, 4) is 0 Å². The Morgan fingerprint density at radius 1 is 1.20 bits per heavy atom. The number of aromatic nitrogens is 2. The van der Waals surface area contributed by atoms with Crippen molar-refractivity contribution in [3.63, 3.8) is 0 Å². The fourth-order valence-electron chi connectivity index (χ4n) is 3.71. The summed E-state index contributed by atoms with van der Waals surface area (Å²) in [7, 11) is 1.75. The van der Waals surface area contributed by atoms with Gasteiger partial charge in [-0.05, 0) is 38.0 Å². The van der Waals surface area contributed by atoms with Gasteiger partial charge in [-0.15, -0.1) is 0 Å². The topological polar surface area (TPSA) is 74.2 Å². The van der Waals surface area contributed by atoms with Crippen molar-refractivity contribution in [3.05, 3.63) is 11.7 Å². The van der Waals surface area contributed by atoms with E-state index in [1.165, 1.54) is 32.1 Å². The molecule has 0 saturated heterocycles. The number of methoxy groups -OCH3 is 1. The molecule has 2 N–H and O–H groups in total. The molecule has 5 nitrogen and oxygen atoms in total. The van der Waals surface area contributed by atoms with Gasteiger partial charge < -0.3 is 15.0 Å². The second-order valence-electron chi connectivity index (χ2n) is 6.32. The molecule has 0 radical (unpaired) electrons. The van der Waals surface area contributed by atoms with Gasteiger partial charge in [-0.25, -0.2) is 0 Å². The quantitative estimate of drug-likeness (QED) is 0.917. The first-order valence-electron chi connectivity index (χ1n) is 7.89. The average Bonchev–Trinajstić information content (AvgIpc) is 3.10. The fourth-order valence-corrected chi connectivity index (χ4v) is 3.71. The van der Waals surface area contributed by atoms with Crippen molar-refractivity contribution >= 4 is 0 Å². The molecule has 0 bridgehead atoms. The molecule has 0 aromatic carbocycles. The summed E-state index contributed by atoms with van der Waals surface area (Å²) in [6.07, 6.45) is 9.38. The lowest BCUT2D eigenvalue weighted by molar-refractivity contribution is 0.0273. The maximum absolute atomic E-state index is 5.96. The number of ether oxygens (including phenoxy) is 1. The van der Waals surface area contributed by atoms with Gasteiger partial charge in [-0.2, -0.15) is 4.98 Å². The summed E-state index contributed by atoms with van der Waals surface area (Å²) in [5.74, 6) is 2.36. The lowest BCUT2D eigenvalue weighted by atomic mass is 9.85. The summed E-state index contributed by atoms with van der Waals surface area (Å²) in [5, 5.41) is 4.18. The molecule has 2 aliphatic rings. The van der Waals surface area contributed by atoms with Crippen molar-refractivity contribution in [2.45, 2.75) is 69.4 Å². The fraction of sp³-hybridized carbons (Fsp3) is 0.867. The van der Waals surface area contributed by atoms with Gasteiger partial charge in [0.15, 0.2) is 0 Å². The molecular formula is C15H25N3O2. The van der Waals surface area contributed by atoms with Crippen molar-refractivity contribution in [1.29, 1.82) is 0 Å². The minimum absolute atomic E-state index is 0.0112. The maximum atomic E-state index is 5.96. The van der Waals surface area contributed by atoms with E-state index in [2.05, 4.69) is 10.1 Å². The third-order valence-corrected chi connectivity index (χ3v) is 4.87. The van der Waals surface area contributed by atoms with Gasteiger partial charge in [0.25, 0.3) is 0 Å². The molecule has 5 heteroatoms. The Morgan fingerprint density at radius 2 is 2.00 bits per heavy atom. The van der Waals surface area contributed by atoms with Crippen LogP contribution in [0, 0.1) is 5.92 Å². The molecule has 3 atom stereocenters. The predicted molar refractivity (Wildman–Crippen MR) is 75.2 cm³/mol. The summed E-state index contributed by atoms with van der Waals surface area (Å²) in [5.41, 5.74) is 5.96. The van der Waals surface area contributed by atoms with Gasteiger partial charge in [0.1, 0.15) is 6.10 Å². The van der Waals surface area contributed by atoms with Crippen LogP contribution in [0.5, 0.6) is 0 Å². The highest BCUT2D eigenvalue weighted by Crippen LogP contribution is 2.37. The van der Waals surface area contributed by atoms with E-state index < -0.39 is 0 Å². The third kappa shape index (κ3) is 2.88. The number of hydrogen-bond donors (Lipinski definition) is 1. The molecular weight excluding hydrogens is 254 g/mol. The average molecular weight is 279 g/mol. The van der Waals surface area contributed by atoms with Crippen LogP contribution in [-0.4, -0.2) is 23.3 Å². The van der Waals surface area contributed by atoms with E-state index in [-0.39, 0.29) is 12.1 Å². The molecule has 2 fully saturated rings. The minimum atomic E-state index is -0.0112. The molecule has 1 unspecified atom stereocenters. The summed E-state index contributed by atoms with van der Waals surface area (Å²) < 4.78 is 11.1. The first-order valence-corrected chi connectivity index (χ1v) is 7.89. The largest absolute Gasteiger partial charge is 0.373 e. The first kappa shape index (κ1) is 14.0. The molecule has 20 heavy (non-hydrogen) atoms. The van der Waals surface area contributed by atoms with Crippen molar-refractivity contribution in [2.24, 2.45) is 11.7 Å². The van der Waals surface area contributed by atoms with Gasteiger partial charge in [0.05, 0.1) is 0 Å². The Hall–Kier alpha value is -0.940. The Labute approximate surface area is 120 Å². The monoisotopic (exact) mass is 279 g/mol. The van der Waals surface area contributed by atoms with Crippen molar-refractivity contribution in [2.75, 3.05) is 7.11 Å². The van der Waals surface area contributed by atoms with E-state index in [4.69, 9.17) is 15.0 Å². The van der Waals surface area contributed by atoms with E-state index in [0.29, 0.717) is 11.8 Å². The second-order valence-corrected chi connectivity index (χ2v) is 6.32. The molecule has 1 aromatic heterocycles. The van der Waals surface area contributed by atoms with Crippen LogP contribution < -0.4 is 5.73 Å². The van der Waals surface area contributed by atoms with Crippen LogP contribution in [0.1, 0.15) is 75.1 Å². The van der Waals surface area contributed by atoms with Crippen LogP contribution in [0.25, 0.3) is 0 Å². The zero-order valence-corrected chi connectivity index (χ0v) is 12.3. The molecule has 2 saturated carbocycles. The molecule has 0 aliphatic heterocycles. The normalized spacial score (nSPS) is 29.7. The van der Waals surface area contributed by atoms with Gasteiger partial charge >= 0.3 is 0 Å². The predicted octanol–water partition coefficient (Wildman–Crippen LogP) is 2.93. The van der Waals surface area contributed by atoms with Crippen molar-refractivity contribution in [1.82, 2.24) is 10.1 Å². The standard InChI is InChI=1S/C15H25N3O2/c1-19-13(10-5-3-2-4-6-10)14-17-15(20-18-14)11-7-8-12(16)9-11/h10-13H,2-9,16H2,1H3/t11-,12+,13?/m1/s1. The van der Waals surface area contributed by atoms with Crippen LogP contribution >= 0.6 is 0 Å². The Bertz CT molecular complexity index is 429. The highest BCUT2D eigenvalue weighted by Gasteiger charge is 2.32. The zero-order chi connectivity index (χ0) is 13.9. The van der Waals surface area contributed by atoms with E-state index in [1.54, 1.807) is 7.11 Å². The number of hydrogen-bond acceptors (Lipinski definition) is 5. The Morgan fingerprint density at radius 3 is 2.65 bits per heavy atom. The lowest BCUT2D eigenvalue weighted by Gasteiger charge is -2.26. The molecule has 2 aliphatic carbocycles. The summed E-state index contributed by atoms with van der Waals surface area (Å²) in [4.78, 5) is 4.61. The van der Waals surface area contributed by atoms with Crippen LogP contribution in [-0.2, 0) is 4.74 Å². The molecule has 112 valence electrons. The summed E-state index contributed by atoms with van der Waals surface area (Å²) in [6, 6.07) is 0.284. The third-order valence-electron chi connectivity index (χ3n) is 4.87. The molecule has 3 rings (SSSR count). The Balaban J connectivity index is 1.70. The number of nitrogens with two attached hydrogens (primary N) is 1. The molecule has 0 spiro atoms. The number of rotatable bonds is 4. The Kier molecular flexibility index (Phi) is 4.36. The molecule has 0 amide bonds. The maximum Gasteiger partial charge on any atom is 0.229 e. The van der Waals surface area contributed by atoms with Crippen LogP contribution in [0.4, 0.5) is 0 Å². The second kappa shape index (κ2) is 6.22. The van der Waals surface area contributed by atoms with E-state index >= 15 is 0 Å². The lowest BCUT2D eigenvalue weighted by Crippen LogP contribution is -2.19. The van der Waals surface area contributed by atoms with E-state index in [1.807, 2.05) is 0 Å². The SMILES string of the molecule is COC(c1noc([C@@H]2CC[C@H](N)C2)n1)C1CCCCC1. The first-order chi connectivity index (χ1) is 9.78. The summed E-state index contributed by atoms with van der Waals surface area (Å²) in [6.45, 7) is 0. The van der Waals surface area contributed by atoms with Crippen LogP contribution in [0.3, 0.4) is 0 Å². The smallest absolute Gasteiger partial charge is 0.229 e. The van der Waals surface area contributed by atoms with E-state index in [9.17, 15) is 0 Å². The van der Waals surface area contributed by atoms with Gasteiger partial charge in [-0.3, -0.25) is 0 Å². The van der Waals surface area contributed by atoms with Crippen LogP contribution in [0.2, 0.25) is 0 Å². The highest BCUT2D eigenvalue weighted by molar-refractivity contribution is 5.02. The van der Waals surface area contributed by atoms with E-state index in [0.717, 1.165) is 31.0 Å². The highest BCUT2D eigenvalue weighted by atomic mass is 16.5. The molecule has 1 aromatic rings. The van der Waals surface area contributed by atoms with Gasteiger partial charge in [0.2, 0.25) is 11.7 Å². The zero-order valence-electron chi connectivity index (χ0n) is 12.3. The van der Waals surface area contributed by atoms with Gasteiger partial charge in [-0.1, -0.05) is 24.4 Å². The van der Waals surface area contributed by atoms with Gasteiger partial charge in [0, 0.05) is 19.1 Å². The van der Waals surface area contributed by atoms with Crippen molar-refractivity contribution < 1.29 is 9.26 Å². The summed E-state index contributed by atoms with van der Waals surface area (Å²) >= 11 is 0.